The predicted octanol–water partition coefficient (Wildman–Crippen LogP) is 4.17. The number of amides is 2. The number of carboxylic acids is 1. The summed E-state index contributed by atoms with van der Waals surface area (Å²) >= 11 is 0. The number of oxime groups is 1. The summed E-state index contributed by atoms with van der Waals surface area (Å²) in [6.07, 6.45) is 11.4. The predicted molar refractivity (Wildman–Crippen MR) is 166 cm³/mol. The average Bonchev–Trinajstić information content (AvgIpc) is 3.55. The second kappa shape index (κ2) is 12.2. The number of carbonyl (C=O) groups is 3. The second-order valence-electron chi connectivity index (χ2n) is 14.2. The molecule has 238 valence electrons. The fraction of sp³-hybridized carbons (Fsp3) is 0.647. The van der Waals surface area contributed by atoms with E-state index in [0.717, 1.165) is 60.7 Å². The molecule has 4 fully saturated rings. The van der Waals surface area contributed by atoms with Gasteiger partial charge in [0.15, 0.2) is 6.61 Å². The lowest BCUT2D eigenvalue weighted by molar-refractivity contribution is -0.141. The van der Waals surface area contributed by atoms with E-state index in [-0.39, 0.29) is 36.5 Å². The van der Waals surface area contributed by atoms with Crippen LogP contribution in [-0.2, 0) is 25.6 Å². The first kappa shape index (κ1) is 30.6. The van der Waals surface area contributed by atoms with Crippen LogP contribution < -0.4 is 10.6 Å². The number of carbonyl (C=O) groups excluding carboxylic acids is 2. The highest BCUT2D eigenvalue weighted by atomic mass is 16.6. The lowest BCUT2D eigenvalue weighted by Crippen LogP contribution is -2.54. The van der Waals surface area contributed by atoms with E-state index < -0.39 is 23.8 Å². The van der Waals surface area contributed by atoms with Crippen LogP contribution in [0.1, 0.15) is 77.2 Å². The Morgan fingerprint density at radius 1 is 1.05 bits per heavy atom. The van der Waals surface area contributed by atoms with Crippen molar-refractivity contribution in [1.82, 2.24) is 15.6 Å². The molecule has 10 heteroatoms. The van der Waals surface area contributed by atoms with Gasteiger partial charge in [-0.2, -0.15) is 0 Å². The van der Waals surface area contributed by atoms with Crippen molar-refractivity contribution in [3.05, 3.63) is 36.0 Å². The minimum Gasteiger partial charge on any atom is -0.480 e. The molecule has 0 saturated heterocycles. The SMILES string of the molecule is C[C@]12CC/C(=N\OCC(=O)NCC(=O)N[C@H](Cc3c[nH]c4ccccc34)C(=O)O)C[C@@H]1CC[C@H]1[C@H]3CC[C@@H](O)[C@@]3(C)CC[C@@H]12. The number of aliphatic carboxylic acids is 1. The Labute approximate surface area is 258 Å². The highest BCUT2D eigenvalue weighted by Gasteiger charge is 2.59. The smallest absolute Gasteiger partial charge is 0.326 e. The maximum absolute atomic E-state index is 12.5. The number of carboxylic acid groups (broad SMARTS) is 1. The Balaban J connectivity index is 0.951. The summed E-state index contributed by atoms with van der Waals surface area (Å²) in [6, 6.07) is 6.44. The molecule has 5 N–H and O–H groups in total. The number of hydrogen-bond acceptors (Lipinski definition) is 6. The topological polar surface area (TPSA) is 153 Å². The second-order valence-corrected chi connectivity index (χ2v) is 14.2. The third kappa shape index (κ3) is 5.73. The molecule has 0 unspecified atom stereocenters. The minimum atomic E-state index is -1.15. The van der Waals surface area contributed by atoms with Gasteiger partial charge in [-0.3, -0.25) is 9.59 Å². The maximum Gasteiger partial charge on any atom is 0.326 e. The molecule has 4 aliphatic carbocycles. The molecule has 0 bridgehead atoms. The Kier molecular flexibility index (Phi) is 8.48. The van der Waals surface area contributed by atoms with Gasteiger partial charge in [0.05, 0.1) is 18.4 Å². The van der Waals surface area contributed by atoms with Gasteiger partial charge in [0.25, 0.3) is 5.91 Å². The summed E-state index contributed by atoms with van der Waals surface area (Å²) in [5, 5.41) is 30.6. The lowest BCUT2D eigenvalue weighted by atomic mass is 9.45. The zero-order valence-electron chi connectivity index (χ0n) is 25.8. The van der Waals surface area contributed by atoms with Gasteiger partial charge in [0.1, 0.15) is 6.04 Å². The molecule has 1 aromatic heterocycles. The zero-order valence-corrected chi connectivity index (χ0v) is 25.8. The molecule has 0 spiro atoms. The van der Waals surface area contributed by atoms with Crippen LogP contribution >= 0.6 is 0 Å². The standard InChI is InChI=1S/C34H46N4O6/c1-33-13-11-22(16-21(33)7-8-24-25-9-10-29(39)34(25,2)14-12-26(24)33)38-44-19-31(41)36-18-30(40)37-28(32(42)43)15-20-17-35-27-6-4-3-5-23(20)27/h3-6,17,21,24-26,28-29,35,39H,7-16,18-19H2,1-2H3,(H,36,41)(H,37,40)(H,42,43)/b38-22+/t21-,24-,25+,26-,28+,29+,33-,34-/m0/s1. The molecule has 4 aliphatic rings. The van der Waals surface area contributed by atoms with E-state index in [2.05, 4.69) is 34.6 Å². The van der Waals surface area contributed by atoms with E-state index in [0.29, 0.717) is 23.7 Å². The maximum atomic E-state index is 12.5. The minimum absolute atomic E-state index is 0.0939. The van der Waals surface area contributed by atoms with Crippen LogP contribution in [0.5, 0.6) is 0 Å². The number of aromatic amines is 1. The van der Waals surface area contributed by atoms with Gasteiger partial charge >= 0.3 is 5.97 Å². The molecule has 6 rings (SSSR count). The Morgan fingerprint density at radius 3 is 2.66 bits per heavy atom. The number of nitrogens with one attached hydrogen (secondary N) is 3. The highest BCUT2D eigenvalue weighted by molar-refractivity contribution is 5.89. The molecule has 2 amide bonds. The molecule has 2 aromatic rings. The summed E-state index contributed by atoms with van der Waals surface area (Å²) < 4.78 is 0. The molecule has 0 radical (unpaired) electrons. The van der Waals surface area contributed by atoms with E-state index >= 15 is 0 Å². The molecule has 8 atom stereocenters. The van der Waals surface area contributed by atoms with Crippen LogP contribution in [0, 0.1) is 34.5 Å². The van der Waals surface area contributed by atoms with E-state index in [4.69, 9.17) is 4.84 Å². The number of aliphatic hydroxyl groups excluding tert-OH is 1. The monoisotopic (exact) mass is 606 g/mol. The Bertz CT molecular complexity index is 1440. The van der Waals surface area contributed by atoms with Crippen molar-refractivity contribution in [1.29, 1.82) is 0 Å². The van der Waals surface area contributed by atoms with Crippen molar-refractivity contribution >= 4 is 34.4 Å². The number of aromatic nitrogens is 1. The fourth-order valence-corrected chi connectivity index (χ4v) is 9.49. The third-order valence-corrected chi connectivity index (χ3v) is 12.0. The first-order valence-electron chi connectivity index (χ1n) is 16.3. The van der Waals surface area contributed by atoms with Crippen molar-refractivity contribution in [2.75, 3.05) is 13.2 Å². The van der Waals surface area contributed by atoms with E-state index in [1.807, 2.05) is 24.3 Å². The molecule has 10 nitrogen and oxygen atoms in total. The molecule has 4 saturated carbocycles. The molecule has 0 aliphatic heterocycles. The van der Waals surface area contributed by atoms with Crippen molar-refractivity contribution in [2.45, 2.75) is 90.2 Å². The number of H-pyrrole nitrogens is 1. The number of benzene rings is 1. The quantitative estimate of drug-likeness (QED) is 0.270. The summed E-state index contributed by atoms with van der Waals surface area (Å²) in [5.74, 6) is 0.383. The Hall–Kier alpha value is -3.40. The van der Waals surface area contributed by atoms with Gasteiger partial charge in [0, 0.05) is 23.5 Å². The summed E-state index contributed by atoms with van der Waals surface area (Å²) in [5.41, 5.74) is 3.05. The number of hydrogen-bond donors (Lipinski definition) is 5. The molecule has 1 heterocycles. The average molecular weight is 607 g/mol. The van der Waals surface area contributed by atoms with E-state index in [9.17, 15) is 24.6 Å². The largest absolute Gasteiger partial charge is 0.480 e. The van der Waals surface area contributed by atoms with Gasteiger partial charge in [-0.25, -0.2) is 4.79 Å². The van der Waals surface area contributed by atoms with Gasteiger partial charge < -0.3 is 30.7 Å². The number of rotatable bonds is 9. The number of fused-ring (bicyclic) bond motifs is 6. The van der Waals surface area contributed by atoms with Crippen LogP contribution in [-0.4, -0.2) is 64.0 Å². The van der Waals surface area contributed by atoms with Crippen molar-refractivity contribution in [3.8, 4) is 0 Å². The lowest BCUT2D eigenvalue weighted by Gasteiger charge is -2.60. The van der Waals surface area contributed by atoms with Gasteiger partial charge in [-0.1, -0.05) is 37.2 Å². The van der Waals surface area contributed by atoms with Crippen molar-refractivity contribution in [3.63, 3.8) is 0 Å². The van der Waals surface area contributed by atoms with Gasteiger partial charge in [0.2, 0.25) is 5.91 Å². The molecule has 1 aromatic carbocycles. The van der Waals surface area contributed by atoms with Crippen LogP contribution in [0.25, 0.3) is 10.9 Å². The van der Waals surface area contributed by atoms with E-state index in [1.54, 1.807) is 6.20 Å². The third-order valence-electron chi connectivity index (χ3n) is 12.0. The van der Waals surface area contributed by atoms with Crippen LogP contribution in [0.3, 0.4) is 0 Å². The Morgan fingerprint density at radius 2 is 1.84 bits per heavy atom. The number of para-hydroxylation sites is 1. The van der Waals surface area contributed by atoms with Gasteiger partial charge in [-0.05, 0) is 104 Å². The highest BCUT2D eigenvalue weighted by Crippen LogP contribution is 2.66. The first-order valence-corrected chi connectivity index (χ1v) is 16.3. The number of nitrogens with zero attached hydrogens (tertiary/aromatic N) is 1. The normalized spacial score (nSPS) is 34.4. The molecule has 44 heavy (non-hydrogen) atoms. The van der Waals surface area contributed by atoms with Crippen molar-refractivity contribution in [2.24, 2.45) is 39.7 Å². The summed E-state index contributed by atoms with van der Waals surface area (Å²) in [6.45, 7) is 4.15. The zero-order chi connectivity index (χ0) is 31.1. The molecular formula is C34H46N4O6. The van der Waals surface area contributed by atoms with Crippen LogP contribution in [0.15, 0.2) is 35.6 Å². The van der Waals surface area contributed by atoms with Crippen molar-refractivity contribution < 1.29 is 29.4 Å². The summed E-state index contributed by atoms with van der Waals surface area (Å²) in [7, 11) is 0. The number of aliphatic hydroxyl groups is 1. The summed E-state index contributed by atoms with van der Waals surface area (Å²) in [4.78, 5) is 45.2. The molecular weight excluding hydrogens is 560 g/mol. The fourth-order valence-electron chi connectivity index (χ4n) is 9.49. The van der Waals surface area contributed by atoms with Crippen LogP contribution in [0.4, 0.5) is 0 Å². The van der Waals surface area contributed by atoms with Gasteiger partial charge in [-0.15, -0.1) is 0 Å². The van der Waals surface area contributed by atoms with Crippen LogP contribution in [0.2, 0.25) is 0 Å². The van der Waals surface area contributed by atoms with E-state index in [1.165, 1.54) is 19.3 Å². The first-order chi connectivity index (χ1) is 21.1.